The van der Waals surface area contributed by atoms with Crippen LogP contribution in [0.15, 0.2) is 29.1 Å². The molecule has 0 aliphatic carbocycles. The van der Waals surface area contributed by atoms with E-state index in [0.29, 0.717) is 17.6 Å². The first-order chi connectivity index (χ1) is 9.95. The zero-order valence-electron chi connectivity index (χ0n) is 12.5. The van der Waals surface area contributed by atoms with Crippen LogP contribution in [0.1, 0.15) is 12.6 Å². The fraction of sp³-hybridized carbons (Fsp3) is 0.400. The number of rotatable bonds is 4. The second kappa shape index (κ2) is 6.05. The van der Waals surface area contributed by atoms with Crippen LogP contribution in [0.2, 0.25) is 0 Å². The number of benzene rings is 1. The van der Waals surface area contributed by atoms with Crippen LogP contribution < -0.4 is 11.3 Å². The highest BCUT2D eigenvalue weighted by molar-refractivity contribution is 5.88. The maximum atomic E-state index is 12.3. The highest BCUT2D eigenvalue weighted by Gasteiger charge is 2.18. The molecule has 0 bridgehead atoms. The van der Waals surface area contributed by atoms with E-state index < -0.39 is 0 Å². The van der Waals surface area contributed by atoms with Crippen LogP contribution in [0.3, 0.4) is 0 Å². The lowest BCUT2D eigenvalue weighted by Gasteiger charge is -2.23. The van der Waals surface area contributed by atoms with E-state index in [0.717, 1.165) is 5.39 Å². The summed E-state index contributed by atoms with van der Waals surface area (Å²) < 4.78 is 1.28. The predicted molar refractivity (Wildman–Crippen MR) is 82.0 cm³/mol. The minimum atomic E-state index is -0.162. The maximum Gasteiger partial charge on any atom is 0.274 e. The monoisotopic (exact) mass is 288 g/mol. The standard InChI is InChI=1S/C15H20N4O2/c1-10(9-16)18(2)14(20)8-13-11-6-4-5-7-12(11)15(21)19(3)17-13/h4-7,10H,8-9,16H2,1-3H3. The number of fused-ring (bicyclic) bond motifs is 1. The average Bonchev–Trinajstić information content (AvgIpc) is 2.50. The molecular formula is C15H20N4O2. The van der Waals surface area contributed by atoms with E-state index in [2.05, 4.69) is 5.10 Å². The van der Waals surface area contributed by atoms with Gasteiger partial charge in [-0.25, -0.2) is 4.68 Å². The quantitative estimate of drug-likeness (QED) is 0.876. The molecule has 1 unspecified atom stereocenters. The van der Waals surface area contributed by atoms with Crippen molar-refractivity contribution < 1.29 is 4.79 Å². The van der Waals surface area contributed by atoms with Gasteiger partial charge in [-0.1, -0.05) is 18.2 Å². The number of carbonyl (C=O) groups is 1. The lowest BCUT2D eigenvalue weighted by Crippen LogP contribution is -2.40. The first kappa shape index (κ1) is 15.2. The zero-order valence-corrected chi connectivity index (χ0v) is 12.5. The van der Waals surface area contributed by atoms with Gasteiger partial charge in [0.2, 0.25) is 5.91 Å². The SMILES string of the molecule is CC(CN)N(C)C(=O)Cc1nn(C)c(=O)c2ccccc12. The molecule has 6 heteroatoms. The summed E-state index contributed by atoms with van der Waals surface area (Å²) in [6.07, 6.45) is 0.148. The van der Waals surface area contributed by atoms with Gasteiger partial charge in [-0.3, -0.25) is 9.59 Å². The van der Waals surface area contributed by atoms with Crippen molar-refractivity contribution in [3.63, 3.8) is 0 Å². The third-order valence-corrected chi connectivity index (χ3v) is 3.75. The van der Waals surface area contributed by atoms with Crippen LogP contribution in [0.5, 0.6) is 0 Å². The number of likely N-dealkylation sites (N-methyl/N-ethyl adjacent to an activating group) is 1. The third kappa shape index (κ3) is 2.95. The van der Waals surface area contributed by atoms with Crippen molar-refractivity contribution >= 4 is 16.7 Å². The Bertz CT molecular complexity index is 723. The Kier molecular flexibility index (Phi) is 4.37. The Labute approximate surface area is 123 Å². The van der Waals surface area contributed by atoms with Crippen molar-refractivity contribution in [3.8, 4) is 0 Å². The lowest BCUT2D eigenvalue weighted by molar-refractivity contribution is -0.130. The van der Waals surface area contributed by atoms with Crippen molar-refractivity contribution in [3.05, 3.63) is 40.3 Å². The number of hydrogen-bond donors (Lipinski definition) is 1. The van der Waals surface area contributed by atoms with Gasteiger partial charge in [0.05, 0.1) is 17.5 Å². The van der Waals surface area contributed by atoms with Crippen molar-refractivity contribution in [1.29, 1.82) is 0 Å². The lowest BCUT2D eigenvalue weighted by atomic mass is 10.1. The van der Waals surface area contributed by atoms with E-state index in [1.165, 1.54) is 4.68 Å². The Morgan fingerprint density at radius 3 is 2.62 bits per heavy atom. The summed E-state index contributed by atoms with van der Waals surface area (Å²) in [6, 6.07) is 7.18. The summed E-state index contributed by atoms with van der Waals surface area (Å²) in [5.41, 5.74) is 6.03. The smallest absolute Gasteiger partial charge is 0.274 e. The maximum absolute atomic E-state index is 12.3. The molecule has 1 aromatic heterocycles. The zero-order chi connectivity index (χ0) is 15.6. The molecule has 2 aromatic rings. The minimum absolute atomic E-state index is 0.0312. The van der Waals surface area contributed by atoms with E-state index in [1.54, 1.807) is 31.1 Å². The molecule has 21 heavy (non-hydrogen) atoms. The largest absolute Gasteiger partial charge is 0.341 e. The van der Waals surface area contributed by atoms with E-state index in [4.69, 9.17) is 5.73 Å². The topological polar surface area (TPSA) is 81.2 Å². The molecule has 1 aromatic carbocycles. The van der Waals surface area contributed by atoms with Gasteiger partial charge in [-0.05, 0) is 13.0 Å². The summed E-state index contributed by atoms with van der Waals surface area (Å²) in [6.45, 7) is 2.30. The number of carbonyl (C=O) groups excluding carboxylic acids is 1. The number of hydrogen-bond acceptors (Lipinski definition) is 4. The number of amides is 1. The molecule has 2 rings (SSSR count). The van der Waals surface area contributed by atoms with Crippen molar-refractivity contribution in [2.75, 3.05) is 13.6 Å². The first-order valence-corrected chi connectivity index (χ1v) is 6.86. The van der Waals surface area contributed by atoms with E-state index in [1.807, 2.05) is 19.1 Å². The van der Waals surface area contributed by atoms with E-state index >= 15 is 0 Å². The molecule has 1 atom stereocenters. The van der Waals surface area contributed by atoms with Crippen LogP contribution in [0.25, 0.3) is 10.8 Å². The van der Waals surface area contributed by atoms with Crippen LogP contribution in [-0.4, -0.2) is 40.2 Å². The Morgan fingerprint density at radius 1 is 1.38 bits per heavy atom. The highest BCUT2D eigenvalue weighted by atomic mass is 16.2. The molecular weight excluding hydrogens is 268 g/mol. The van der Waals surface area contributed by atoms with Crippen LogP contribution in [0, 0.1) is 0 Å². The summed E-state index contributed by atoms with van der Waals surface area (Å²) in [4.78, 5) is 26.0. The molecule has 0 radical (unpaired) electrons. The van der Waals surface area contributed by atoms with Gasteiger partial charge < -0.3 is 10.6 Å². The summed E-state index contributed by atoms with van der Waals surface area (Å²) in [5.74, 6) is -0.0655. The predicted octanol–water partition coefficient (Wildman–Crippen LogP) is 0.282. The van der Waals surface area contributed by atoms with Gasteiger partial charge in [0.1, 0.15) is 0 Å². The molecule has 0 aliphatic heterocycles. The molecule has 112 valence electrons. The molecule has 0 fully saturated rings. The van der Waals surface area contributed by atoms with Gasteiger partial charge in [0.25, 0.3) is 5.56 Å². The number of nitrogens with two attached hydrogens (primary N) is 1. The summed E-state index contributed by atoms with van der Waals surface area (Å²) >= 11 is 0. The Balaban J connectivity index is 2.42. The Hall–Kier alpha value is -2.21. The molecule has 0 spiro atoms. The minimum Gasteiger partial charge on any atom is -0.341 e. The normalized spacial score (nSPS) is 12.4. The fourth-order valence-electron chi connectivity index (χ4n) is 2.18. The van der Waals surface area contributed by atoms with Crippen LogP contribution in [0.4, 0.5) is 0 Å². The fourth-order valence-corrected chi connectivity index (χ4v) is 2.18. The molecule has 1 amide bonds. The third-order valence-electron chi connectivity index (χ3n) is 3.75. The second-order valence-corrected chi connectivity index (χ2v) is 5.19. The second-order valence-electron chi connectivity index (χ2n) is 5.19. The summed E-state index contributed by atoms with van der Waals surface area (Å²) in [5, 5.41) is 5.53. The van der Waals surface area contributed by atoms with Gasteiger partial charge in [0.15, 0.2) is 0 Å². The van der Waals surface area contributed by atoms with Crippen LogP contribution in [-0.2, 0) is 18.3 Å². The van der Waals surface area contributed by atoms with Crippen molar-refractivity contribution in [2.45, 2.75) is 19.4 Å². The van der Waals surface area contributed by atoms with Gasteiger partial charge in [-0.15, -0.1) is 0 Å². The molecule has 1 heterocycles. The van der Waals surface area contributed by atoms with Crippen molar-refractivity contribution in [1.82, 2.24) is 14.7 Å². The van der Waals surface area contributed by atoms with E-state index in [9.17, 15) is 9.59 Å². The van der Waals surface area contributed by atoms with E-state index in [-0.39, 0.29) is 23.9 Å². The number of aryl methyl sites for hydroxylation is 1. The van der Waals surface area contributed by atoms with Gasteiger partial charge in [-0.2, -0.15) is 5.10 Å². The molecule has 6 nitrogen and oxygen atoms in total. The van der Waals surface area contributed by atoms with Gasteiger partial charge >= 0.3 is 0 Å². The molecule has 2 N–H and O–H groups in total. The Morgan fingerprint density at radius 2 is 2.00 bits per heavy atom. The first-order valence-electron chi connectivity index (χ1n) is 6.86. The number of aromatic nitrogens is 2. The molecule has 0 aliphatic rings. The number of nitrogens with zero attached hydrogens (tertiary/aromatic N) is 3. The van der Waals surface area contributed by atoms with Gasteiger partial charge in [0, 0.05) is 32.1 Å². The molecule has 0 saturated heterocycles. The average molecular weight is 288 g/mol. The van der Waals surface area contributed by atoms with Crippen LogP contribution >= 0.6 is 0 Å². The highest BCUT2D eigenvalue weighted by Crippen LogP contribution is 2.14. The summed E-state index contributed by atoms with van der Waals surface area (Å²) in [7, 11) is 3.32. The molecule has 0 saturated carbocycles. The van der Waals surface area contributed by atoms with Crippen molar-refractivity contribution in [2.24, 2.45) is 12.8 Å².